The summed E-state index contributed by atoms with van der Waals surface area (Å²) in [4.78, 5) is 15.6. The Morgan fingerprint density at radius 1 is 1.29 bits per heavy atom. The highest BCUT2D eigenvalue weighted by molar-refractivity contribution is 5.80. The maximum Gasteiger partial charge on any atom is 0.251 e. The first kappa shape index (κ1) is 15.7. The third kappa shape index (κ3) is 4.65. The van der Waals surface area contributed by atoms with Crippen LogP contribution in [0.1, 0.15) is 12.5 Å². The molecule has 1 unspecified atom stereocenters. The van der Waals surface area contributed by atoms with Crippen molar-refractivity contribution in [1.82, 2.24) is 9.80 Å². The molecular formula is C16H21FN2O2. The van der Waals surface area contributed by atoms with Gasteiger partial charge in [-0.25, -0.2) is 4.39 Å². The van der Waals surface area contributed by atoms with E-state index in [1.807, 2.05) is 12.2 Å². The molecule has 4 nitrogen and oxygen atoms in total. The fourth-order valence-corrected chi connectivity index (χ4v) is 2.33. The van der Waals surface area contributed by atoms with Crippen LogP contribution in [0, 0.1) is 5.82 Å². The van der Waals surface area contributed by atoms with Gasteiger partial charge in [0.2, 0.25) is 0 Å². The molecule has 5 heteroatoms. The Labute approximate surface area is 124 Å². The summed E-state index contributed by atoms with van der Waals surface area (Å²) in [5.74, 6) is -0.428. The van der Waals surface area contributed by atoms with Crippen LogP contribution in [0.25, 0.3) is 6.08 Å². The zero-order chi connectivity index (χ0) is 15.2. The monoisotopic (exact) mass is 292 g/mol. The molecule has 1 aliphatic rings. The normalized spacial score (nSPS) is 18.1. The number of amides is 1. The standard InChI is InChI=1S/C16H21FN2O2/c1-13(20)16(21)19-11-9-18(10-12-19)8-2-3-14-4-6-15(17)7-5-14/h2-7,13,20H,8-12H2,1H3/b3-2+. The van der Waals surface area contributed by atoms with E-state index in [2.05, 4.69) is 4.90 Å². The zero-order valence-electron chi connectivity index (χ0n) is 12.2. The molecule has 1 heterocycles. The van der Waals surface area contributed by atoms with Crippen molar-refractivity contribution in [2.75, 3.05) is 32.7 Å². The second-order valence-electron chi connectivity index (χ2n) is 5.26. The summed E-state index contributed by atoms with van der Waals surface area (Å²) in [6.45, 7) is 5.19. The van der Waals surface area contributed by atoms with Gasteiger partial charge in [0.25, 0.3) is 5.91 Å². The lowest BCUT2D eigenvalue weighted by Crippen LogP contribution is -2.50. The lowest BCUT2D eigenvalue weighted by Gasteiger charge is -2.34. The quantitative estimate of drug-likeness (QED) is 0.911. The maximum absolute atomic E-state index is 12.8. The van der Waals surface area contributed by atoms with Crippen LogP contribution in [0.5, 0.6) is 0 Å². The molecule has 2 rings (SSSR count). The van der Waals surface area contributed by atoms with E-state index in [0.717, 1.165) is 25.2 Å². The molecule has 1 aromatic carbocycles. The first-order valence-corrected chi connectivity index (χ1v) is 7.17. The molecule has 0 aliphatic carbocycles. The molecule has 114 valence electrons. The Bertz CT molecular complexity index is 492. The molecule has 1 N–H and O–H groups in total. The van der Waals surface area contributed by atoms with Crippen LogP contribution in [0.4, 0.5) is 4.39 Å². The molecular weight excluding hydrogens is 271 g/mol. The number of nitrogens with zero attached hydrogens (tertiary/aromatic N) is 2. The first-order valence-electron chi connectivity index (χ1n) is 7.17. The Morgan fingerprint density at radius 2 is 1.90 bits per heavy atom. The zero-order valence-corrected chi connectivity index (χ0v) is 12.2. The maximum atomic E-state index is 12.8. The van der Waals surface area contributed by atoms with E-state index in [1.54, 1.807) is 17.0 Å². The summed E-state index contributed by atoms with van der Waals surface area (Å²) in [6.07, 6.45) is 3.08. The molecule has 0 bridgehead atoms. The van der Waals surface area contributed by atoms with E-state index in [0.29, 0.717) is 13.1 Å². The van der Waals surface area contributed by atoms with E-state index in [9.17, 15) is 14.3 Å². The second-order valence-corrected chi connectivity index (χ2v) is 5.26. The largest absolute Gasteiger partial charge is 0.384 e. The second kappa shape index (κ2) is 7.33. The summed E-state index contributed by atoms with van der Waals surface area (Å²) < 4.78 is 12.8. The number of benzene rings is 1. The molecule has 0 aromatic heterocycles. The summed E-state index contributed by atoms with van der Waals surface area (Å²) in [5, 5.41) is 9.28. The number of aliphatic hydroxyl groups excluding tert-OH is 1. The third-order valence-corrected chi connectivity index (χ3v) is 3.59. The molecule has 1 aromatic rings. The topological polar surface area (TPSA) is 43.8 Å². The Hall–Kier alpha value is -1.72. The van der Waals surface area contributed by atoms with Gasteiger partial charge in [0.1, 0.15) is 11.9 Å². The molecule has 1 aliphatic heterocycles. The minimum atomic E-state index is -0.921. The van der Waals surface area contributed by atoms with Crippen molar-refractivity contribution in [1.29, 1.82) is 0 Å². The van der Waals surface area contributed by atoms with E-state index >= 15 is 0 Å². The van der Waals surface area contributed by atoms with Crippen molar-refractivity contribution in [3.8, 4) is 0 Å². The van der Waals surface area contributed by atoms with E-state index in [4.69, 9.17) is 0 Å². The lowest BCUT2D eigenvalue weighted by molar-refractivity contribution is -0.140. The number of piperazine rings is 1. The van der Waals surface area contributed by atoms with Crippen molar-refractivity contribution in [3.05, 3.63) is 41.7 Å². The Morgan fingerprint density at radius 3 is 2.48 bits per heavy atom. The van der Waals surface area contributed by atoms with Crippen LogP contribution < -0.4 is 0 Å². The molecule has 1 amide bonds. The SMILES string of the molecule is CC(O)C(=O)N1CCN(C/C=C/c2ccc(F)cc2)CC1. The number of halogens is 1. The molecule has 1 atom stereocenters. The van der Waals surface area contributed by atoms with Crippen molar-refractivity contribution in [2.45, 2.75) is 13.0 Å². The number of hydrogen-bond acceptors (Lipinski definition) is 3. The van der Waals surface area contributed by atoms with E-state index in [1.165, 1.54) is 19.1 Å². The number of carbonyl (C=O) groups excluding carboxylic acids is 1. The first-order chi connectivity index (χ1) is 10.1. The van der Waals surface area contributed by atoms with Crippen LogP contribution in [0.15, 0.2) is 30.3 Å². The average molecular weight is 292 g/mol. The van der Waals surface area contributed by atoms with Gasteiger partial charge in [-0.3, -0.25) is 9.69 Å². The van der Waals surface area contributed by atoms with Gasteiger partial charge in [0, 0.05) is 32.7 Å². The molecule has 0 spiro atoms. The fraction of sp³-hybridized carbons (Fsp3) is 0.438. The molecule has 21 heavy (non-hydrogen) atoms. The van der Waals surface area contributed by atoms with Crippen molar-refractivity contribution in [2.24, 2.45) is 0 Å². The van der Waals surface area contributed by atoms with Gasteiger partial charge in [-0.15, -0.1) is 0 Å². The van der Waals surface area contributed by atoms with Gasteiger partial charge in [0.15, 0.2) is 0 Å². The highest BCUT2D eigenvalue weighted by Gasteiger charge is 2.22. The summed E-state index contributed by atoms with van der Waals surface area (Å²) in [7, 11) is 0. The van der Waals surface area contributed by atoms with Crippen LogP contribution in [-0.4, -0.2) is 59.6 Å². The highest BCUT2D eigenvalue weighted by Crippen LogP contribution is 2.07. The van der Waals surface area contributed by atoms with Crippen LogP contribution in [0.2, 0.25) is 0 Å². The molecule has 0 radical (unpaired) electrons. The molecule has 1 fully saturated rings. The van der Waals surface area contributed by atoms with Crippen molar-refractivity contribution < 1.29 is 14.3 Å². The minimum Gasteiger partial charge on any atom is -0.384 e. The predicted molar refractivity (Wildman–Crippen MR) is 80.1 cm³/mol. The van der Waals surface area contributed by atoms with Gasteiger partial charge < -0.3 is 10.0 Å². The predicted octanol–water partition coefficient (Wildman–Crippen LogP) is 1.36. The number of carbonyl (C=O) groups is 1. The van der Waals surface area contributed by atoms with E-state index in [-0.39, 0.29) is 11.7 Å². The molecule has 1 saturated heterocycles. The van der Waals surface area contributed by atoms with Crippen LogP contribution >= 0.6 is 0 Å². The summed E-state index contributed by atoms with van der Waals surface area (Å²) in [5.41, 5.74) is 0.972. The highest BCUT2D eigenvalue weighted by atomic mass is 19.1. The lowest BCUT2D eigenvalue weighted by atomic mass is 10.2. The van der Waals surface area contributed by atoms with Gasteiger partial charge in [-0.2, -0.15) is 0 Å². The van der Waals surface area contributed by atoms with Crippen molar-refractivity contribution in [3.63, 3.8) is 0 Å². The van der Waals surface area contributed by atoms with Crippen molar-refractivity contribution >= 4 is 12.0 Å². The fourth-order valence-electron chi connectivity index (χ4n) is 2.33. The molecule has 0 saturated carbocycles. The van der Waals surface area contributed by atoms with Crippen LogP contribution in [0.3, 0.4) is 0 Å². The van der Waals surface area contributed by atoms with E-state index < -0.39 is 6.10 Å². The minimum absolute atomic E-state index is 0.198. The van der Waals surface area contributed by atoms with Crippen LogP contribution in [-0.2, 0) is 4.79 Å². The smallest absolute Gasteiger partial charge is 0.251 e. The Balaban J connectivity index is 1.76. The summed E-state index contributed by atoms with van der Waals surface area (Å²) in [6, 6.07) is 6.37. The number of aliphatic hydroxyl groups is 1. The average Bonchev–Trinajstić information content (AvgIpc) is 2.49. The third-order valence-electron chi connectivity index (χ3n) is 3.59. The number of rotatable bonds is 4. The van der Waals surface area contributed by atoms with Gasteiger partial charge in [-0.1, -0.05) is 24.3 Å². The van der Waals surface area contributed by atoms with Gasteiger partial charge in [-0.05, 0) is 24.6 Å². The van der Waals surface area contributed by atoms with Gasteiger partial charge >= 0.3 is 0 Å². The Kier molecular flexibility index (Phi) is 5.47. The summed E-state index contributed by atoms with van der Waals surface area (Å²) >= 11 is 0. The number of hydrogen-bond donors (Lipinski definition) is 1. The van der Waals surface area contributed by atoms with Gasteiger partial charge in [0.05, 0.1) is 0 Å².